The van der Waals surface area contributed by atoms with Gasteiger partial charge in [-0.2, -0.15) is 0 Å². The second-order valence-electron chi connectivity index (χ2n) is 6.49. The summed E-state index contributed by atoms with van der Waals surface area (Å²) in [6, 6.07) is 5.91. The molecule has 1 saturated carbocycles. The number of hydrogen-bond acceptors (Lipinski definition) is 3. The third kappa shape index (κ3) is 3.04. The van der Waals surface area contributed by atoms with Crippen LogP contribution in [-0.4, -0.2) is 31.4 Å². The van der Waals surface area contributed by atoms with E-state index >= 15 is 0 Å². The van der Waals surface area contributed by atoms with Gasteiger partial charge >= 0.3 is 6.03 Å². The minimum absolute atomic E-state index is 0.125. The molecule has 2 heterocycles. The molecule has 0 radical (unpaired) electrons. The number of urea groups is 1. The number of anilines is 1. The Morgan fingerprint density at radius 2 is 2.09 bits per heavy atom. The molecule has 5 heteroatoms. The van der Waals surface area contributed by atoms with Crippen molar-refractivity contribution in [1.82, 2.24) is 5.32 Å². The van der Waals surface area contributed by atoms with E-state index in [9.17, 15) is 4.79 Å². The van der Waals surface area contributed by atoms with Crippen molar-refractivity contribution in [2.24, 2.45) is 5.92 Å². The van der Waals surface area contributed by atoms with Gasteiger partial charge in [-0.25, -0.2) is 4.79 Å². The molecule has 2 amide bonds. The molecule has 0 spiro atoms. The van der Waals surface area contributed by atoms with E-state index in [1.165, 1.54) is 12.8 Å². The van der Waals surface area contributed by atoms with Crippen molar-refractivity contribution in [3.8, 4) is 5.75 Å². The summed E-state index contributed by atoms with van der Waals surface area (Å²) in [4.78, 5) is 12.2. The molecule has 0 bridgehead atoms. The lowest BCUT2D eigenvalue weighted by atomic mass is 10.0. The molecule has 2 atom stereocenters. The van der Waals surface area contributed by atoms with Gasteiger partial charge < -0.3 is 20.1 Å². The monoisotopic (exact) mass is 302 g/mol. The molecule has 1 saturated heterocycles. The Kier molecular flexibility index (Phi) is 3.66. The third-order valence-electron chi connectivity index (χ3n) is 4.75. The lowest BCUT2D eigenvalue weighted by molar-refractivity contribution is -0.00889. The van der Waals surface area contributed by atoms with Crippen LogP contribution in [0.2, 0.25) is 0 Å². The van der Waals surface area contributed by atoms with Gasteiger partial charge in [-0.05, 0) is 55.4 Å². The molecule has 1 aromatic rings. The van der Waals surface area contributed by atoms with Crippen molar-refractivity contribution in [3.05, 3.63) is 23.8 Å². The maximum absolute atomic E-state index is 12.2. The zero-order chi connectivity index (χ0) is 14.9. The number of ether oxygens (including phenoxy) is 2. The molecule has 2 aliphatic heterocycles. The highest BCUT2D eigenvalue weighted by molar-refractivity contribution is 5.89. The van der Waals surface area contributed by atoms with Crippen LogP contribution >= 0.6 is 0 Å². The normalized spacial score (nSPS) is 26.9. The molecule has 4 rings (SSSR count). The number of nitrogens with one attached hydrogen (secondary N) is 2. The highest BCUT2D eigenvalue weighted by Crippen LogP contribution is 2.38. The van der Waals surface area contributed by atoms with Crippen LogP contribution in [0.5, 0.6) is 5.75 Å². The van der Waals surface area contributed by atoms with Crippen LogP contribution in [0.3, 0.4) is 0 Å². The molecule has 0 aromatic heterocycles. The maximum Gasteiger partial charge on any atom is 0.319 e. The van der Waals surface area contributed by atoms with Crippen molar-refractivity contribution >= 4 is 11.7 Å². The van der Waals surface area contributed by atoms with E-state index in [0.717, 1.165) is 55.4 Å². The Labute approximate surface area is 130 Å². The Hall–Kier alpha value is -1.75. The zero-order valence-electron chi connectivity index (χ0n) is 12.6. The summed E-state index contributed by atoms with van der Waals surface area (Å²) < 4.78 is 11.3. The summed E-state index contributed by atoms with van der Waals surface area (Å²) >= 11 is 0. The number of carbonyl (C=O) groups is 1. The largest absolute Gasteiger partial charge is 0.493 e. The summed E-state index contributed by atoms with van der Waals surface area (Å²) in [7, 11) is 0. The zero-order valence-corrected chi connectivity index (χ0v) is 12.6. The standard InChI is InChI=1S/C17H22N2O3/c20-17(18-13-3-4-15-12(9-13)5-7-21-15)19-14-6-8-22-16(10-14)11-1-2-11/h3-4,9,11,14,16H,1-2,5-8,10H2,(H2,18,19,20). The van der Waals surface area contributed by atoms with Gasteiger partial charge in [0.05, 0.1) is 12.7 Å². The average molecular weight is 302 g/mol. The average Bonchev–Trinajstić information content (AvgIpc) is 3.26. The van der Waals surface area contributed by atoms with Crippen LogP contribution in [0.4, 0.5) is 10.5 Å². The Morgan fingerprint density at radius 1 is 1.18 bits per heavy atom. The summed E-state index contributed by atoms with van der Waals surface area (Å²) in [5.74, 6) is 1.66. The molecule has 2 N–H and O–H groups in total. The quantitative estimate of drug-likeness (QED) is 0.902. The number of fused-ring (bicyclic) bond motifs is 1. The molecule has 118 valence electrons. The molecule has 1 aromatic carbocycles. The molecule has 2 fully saturated rings. The molecule has 1 aliphatic carbocycles. The van der Waals surface area contributed by atoms with Gasteiger partial charge in [-0.15, -0.1) is 0 Å². The first-order valence-electron chi connectivity index (χ1n) is 8.23. The van der Waals surface area contributed by atoms with Crippen molar-refractivity contribution in [3.63, 3.8) is 0 Å². The van der Waals surface area contributed by atoms with E-state index in [2.05, 4.69) is 10.6 Å². The van der Waals surface area contributed by atoms with Crippen LogP contribution in [0, 0.1) is 5.92 Å². The molecular formula is C17H22N2O3. The van der Waals surface area contributed by atoms with Crippen molar-refractivity contribution in [1.29, 1.82) is 0 Å². The van der Waals surface area contributed by atoms with Crippen LogP contribution in [-0.2, 0) is 11.2 Å². The first-order chi connectivity index (χ1) is 10.8. The minimum atomic E-state index is -0.125. The van der Waals surface area contributed by atoms with E-state index in [1.54, 1.807) is 0 Å². The highest BCUT2D eigenvalue weighted by Gasteiger charge is 2.36. The Bertz CT molecular complexity index is 571. The number of amides is 2. The number of rotatable bonds is 3. The second kappa shape index (κ2) is 5.80. The smallest absolute Gasteiger partial charge is 0.319 e. The summed E-state index contributed by atoms with van der Waals surface area (Å²) in [6.07, 6.45) is 5.65. The maximum atomic E-state index is 12.2. The van der Waals surface area contributed by atoms with Gasteiger partial charge in [-0.1, -0.05) is 0 Å². The van der Waals surface area contributed by atoms with Gasteiger partial charge in [-0.3, -0.25) is 0 Å². The van der Waals surface area contributed by atoms with Crippen LogP contribution < -0.4 is 15.4 Å². The highest BCUT2D eigenvalue weighted by atomic mass is 16.5. The fourth-order valence-corrected chi connectivity index (χ4v) is 3.37. The van der Waals surface area contributed by atoms with Crippen molar-refractivity contribution < 1.29 is 14.3 Å². The van der Waals surface area contributed by atoms with Crippen molar-refractivity contribution in [2.75, 3.05) is 18.5 Å². The van der Waals surface area contributed by atoms with Gasteiger partial charge in [0.2, 0.25) is 0 Å². The van der Waals surface area contributed by atoms with E-state index in [4.69, 9.17) is 9.47 Å². The predicted molar refractivity (Wildman–Crippen MR) is 83.3 cm³/mol. The molecule has 3 aliphatic rings. The molecule has 2 unspecified atom stereocenters. The number of carbonyl (C=O) groups excluding carboxylic acids is 1. The fourth-order valence-electron chi connectivity index (χ4n) is 3.37. The van der Waals surface area contributed by atoms with Crippen LogP contribution in [0.15, 0.2) is 18.2 Å². The van der Waals surface area contributed by atoms with E-state index in [1.807, 2.05) is 18.2 Å². The molecular weight excluding hydrogens is 280 g/mol. The topological polar surface area (TPSA) is 59.6 Å². The first kappa shape index (κ1) is 13.9. The van der Waals surface area contributed by atoms with Crippen LogP contribution in [0.1, 0.15) is 31.2 Å². The second-order valence-corrected chi connectivity index (χ2v) is 6.49. The summed E-state index contributed by atoms with van der Waals surface area (Å²) in [5.41, 5.74) is 1.99. The van der Waals surface area contributed by atoms with E-state index in [-0.39, 0.29) is 12.1 Å². The number of benzene rings is 1. The minimum Gasteiger partial charge on any atom is -0.493 e. The predicted octanol–water partition coefficient (Wildman–Crippen LogP) is 2.70. The van der Waals surface area contributed by atoms with Gasteiger partial charge in [0.15, 0.2) is 0 Å². The number of hydrogen-bond donors (Lipinski definition) is 2. The fraction of sp³-hybridized carbons (Fsp3) is 0.588. The SMILES string of the molecule is O=C(Nc1ccc2c(c1)CCO2)NC1CCOC(C2CC2)C1. The van der Waals surface area contributed by atoms with Crippen molar-refractivity contribution in [2.45, 2.75) is 44.2 Å². The Morgan fingerprint density at radius 3 is 2.95 bits per heavy atom. The lowest BCUT2D eigenvalue weighted by Gasteiger charge is -2.30. The Balaban J connectivity index is 1.32. The van der Waals surface area contributed by atoms with E-state index < -0.39 is 0 Å². The van der Waals surface area contributed by atoms with Crippen LogP contribution in [0.25, 0.3) is 0 Å². The molecule has 22 heavy (non-hydrogen) atoms. The lowest BCUT2D eigenvalue weighted by Crippen LogP contribution is -2.44. The van der Waals surface area contributed by atoms with Gasteiger partial charge in [0.1, 0.15) is 5.75 Å². The summed E-state index contributed by atoms with van der Waals surface area (Å²) in [6.45, 7) is 1.48. The first-order valence-corrected chi connectivity index (χ1v) is 8.23. The molecule has 5 nitrogen and oxygen atoms in total. The van der Waals surface area contributed by atoms with E-state index in [0.29, 0.717) is 6.10 Å². The summed E-state index contributed by atoms with van der Waals surface area (Å²) in [5, 5.41) is 6.02. The van der Waals surface area contributed by atoms with Gasteiger partial charge in [0, 0.05) is 24.8 Å². The third-order valence-corrected chi connectivity index (χ3v) is 4.75. The van der Waals surface area contributed by atoms with Gasteiger partial charge in [0.25, 0.3) is 0 Å².